The monoisotopic (exact) mass is 264 g/mol. The van der Waals surface area contributed by atoms with Crippen molar-refractivity contribution in [1.82, 2.24) is 19.8 Å². The number of hydrogen-bond donors (Lipinski definition) is 1. The molecule has 0 bridgehead atoms. The zero-order valence-corrected chi connectivity index (χ0v) is 10.8. The van der Waals surface area contributed by atoms with Crippen molar-refractivity contribution < 1.29 is 14.4 Å². The molecule has 7 nitrogen and oxygen atoms in total. The van der Waals surface area contributed by atoms with Gasteiger partial charge in [0.1, 0.15) is 5.82 Å². The maximum atomic E-state index is 11.9. The smallest absolute Gasteiger partial charge is 0.229 e. The Balaban J connectivity index is 1.80. The van der Waals surface area contributed by atoms with Crippen LogP contribution in [-0.2, 0) is 20.9 Å². The van der Waals surface area contributed by atoms with Crippen molar-refractivity contribution in [3.05, 3.63) is 18.2 Å². The number of imidazole rings is 1. The van der Waals surface area contributed by atoms with Gasteiger partial charge in [0.05, 0.1) is 6.54 Å². The molecule has 19 heavy (non-hydrogen) atoms. The van der Waals surface area contributed by atoms with E-state index in [-0.39, 0.29) is 43.5 Å². The van der Waals surface area contributed by atoms with Crippen LogP contribution in [0.25, 0.3) is 0 Å². The summed E-state index contributed by atoms with van der Waals surface area (Å²) in [5, 5.41) is 0. The predicted molar refractivity (Wildman–Crippen MR) is 65.6 cm³/mol. The highest BCUT2D eigenvalue weighted by atomic mass is 16.2. The zero-order valence-electron chi connectivity index (χ0n) is 10.8. The van der Waals surface area contributed by atoms with Crippen molar-refractivity contribution in [3.8, 4) is 0 Å². The molecule has 1 fully saturated rings. The fourth-order valence-electron chi connectivity index (χ4n) is 1.97. The molecule has 2 heterocycles. The summed E-state index contributed by atoms with van der Waals surface area (Å²) in [6, 6.07) is 0. The molecule has 1 saturated heterocycles. The van der Waals surface area contributed by atoms with Crippen LogP contribution in [0.1, 0.15) is 25.1 Å². The molecule has 2 rings (SSSR count). The zero-order chi connectivity index (χ0) is 13.8. The van der Waals surface area contributed by atoms with Gasteiger partial charge < -0.3 is 9.88 Å². The van der Waals surface area contributed by atoms with Crippen molar-refractivity contribution in [2.75, 3.05) is 13.6 Å². The lowest BCUT2D eigenvalue weighted by molar-refractivity contribution is -0.139. The number of imide groups is 1. The molecule has 0 unspecified atom stereocenters. The van der Waals surface area contributed by atoms with E-state index in [0.717, 1.165) is 0 Å². The fourth-order valence-corrected chi connectivity index (χ4v) is 1.97. The summed E-state index contributed by atoms with van der Waals surface area (Å²) in [6.07, 6.45) is 3.98. The summed E-state index contributed by atoms with van der Waals surface area (Å²) < 4.78 is 0. The molecule has 102 valence electrons. The molecule has 0 spiro atoms. The van der Waals surface area contributed by atoms with Gasteiger partial charge in [0.2, 0.25) is 17.7 Å². The second-order valence-corrected chi connectivity index (χ2v) is 4.47. The molecule has 0 radical (unpaired) electrons. The number of carbonyl (C=O) groups excluding carboxylic acids is 3. The quantitative estimate of drug-likeness (QED) is 0.753. The third-order valence-electron chi connectivity index (χ3n) is 3.07. The minimum Gasteiger partial charge on any atom is -0.347 e. The van der Waals surface area contributed by atoms with Gasteiger partial charge in [0, 0.05) is 45.2 Å². The first-order valence-corrected chi connectivity index (χ1v) is 6.13. The van der Waals surface area contributed by atoms with Crippen molar-refractivity contribution >= 4 is 17.7 Å². The number of amides is 3. The van der Waals surface area contributed by atoms with Gasteiger partial charge >= 0.3 is 0 Å². The van der Waals surface area contributed by atoms with Gasteiger partial charge in [0.25, 0.3) is 0 Å². The largest absolute Gasteiger partial charge is 0.347 e. The van der Waals surface area contributed by atoms with Gasteiger partial charge in [-0.15, -0.1) is 0 Å². The summed E-state index contributed by atoms with van der Waals surface area (Å²) in [5.41, 5.74) is 0. The van der Waals surface area contributed by atoms with Crippen LogP contribution in [0.15, 0.2) is 12.4 Å². The van der Waals surface area contributed by atoms with E-state index in [0.29, 0.717) is 12.4 Å². The molecule has 0 atom stereocenters. The van der Waals surface area contributed by atoms with E-state index < -0.39 is 0 Å². The molecule has 1 aromatic heterocycles. The van der Waals surface area contributed by atoms with Gasteiger partial charge in [-0.05, 0) is 0 Å². The highest BCUT2D eigenvalue weighted by molar-refractivity contribution is 6.02. The Morgan fingerprint density at radius 1 is 1.42 bits per heavy atom. The van der Waals surface area contributed by atoms with Crippen LogP contribution < -0.4 is 0 Å². The molecule has 0 saturated carbocycles. The van der Waals surface area contributed by atoms with Crippen LogP contribution in [0.3, 0.4) is 0 Å². The van der Waals surface area contributed by atoms with E-state index in [4.69, 9.17) is 0 Å². The van der Waals surface area contributed by atoms with Gasteiger partial charge in [-0.3, -0.25) is 19.3 Å². The first kappa shape index (κ1) is 13.3. The predicted octanol–water partition coefficient (Wildman–Crippen LogP) is -0.0928. The maximum absolute atomic E-state index is 11.9. The first-order chi connectivity index (χ1) is 9.08. The van der Waals surface area contributed by atoms with E-state index in [9.17, 15) is 14.4 Å². The lowest BCUT2D eigenvalue weighted by Crippen LogP contribution is -2.34. The molecular formula is C12H16N4O3. The number of rotatable bonds is 5. The number of nitrogens with one attached hydrogen (secondary N) is 1. The Labute approximate surface area is 110 Å². The van der Waals surface area contributed by atoms with Gasteiger partial charge in [0.15, 0.2) is 0 Å². The summed E-state index contributed by atoms with van der Waals surface area (Å²) in [5.74, 6) is 0.200. The molecule has 1 aliphatic rings. The van der Waals surface area contributed by atoms with Crippen molar-refractivity contribution in [2.24, 2.45) is 0 Å². The molecule has 0 aliphatic carbocycles. The Morgan fingerprint density at radius 3 is 2.68 bits per heavy atom. The fraction of sp³-hybridized carbons (Fsp3) is 0.500. The number of aromatic amines is 1. The van der Waals surface area contributed by atoms with E-state index in [2.05, 4.69) is 9.97 Å². The van der Waals surface area contributed by atoms with E-state index in [1.54, 1.807) is 19.4 Å². The highest BCUT2D eigenvalue weighted by Crippen LogP contribution is 2.12. The lowest BCUT2D eigenvalue weighted by atomic mass is 10.3. The van der Waals surface area contributed by atoms with E-state index in [1.165, 1.54) is 9.80 Å². The molecule has 3 amide bonds. The molecular weight excluding hydrogens is 248 g/mol. The molecule has 1 aliphatic heterocycles. The molecule has 1 N–H and O–H groups in total. The van der Waals surface area contributed by atoms with Crippen LogP contribution in [0.4, 0.5) is 0 Å². The third-order valence-corrected chi connectivity index (χ3v) is 3.07. The van der Waals surface area contributed by atoms with Crippen molar-refractivity contribution in [2.45, 2.75) is 25.8 Å². The lowest BCUT2D eigenvalue weighted by Gasteiger charge is -2.18. The summed E-state index contributed by atoms with van der Waals surface area (Å²) in [7, 11) is 1.67. The SMILES string of the molecule is CN(Cc1ncc[nH]1)C(=O)CCN1C(=O)CCC1=O. The van der Waals surface area contributed by atoms with Gasteiger partial charge in [-0.1, -0.05) is 0 Å². The summed E-state index contributed by atoms with van der Waals surface area (Å²) >= 11 is 0. The number of H-pyrrole nitrogens is 1. The van der Waals surface area contributed by atoms with E-state index >= 15 is 0 Å². The topological polar surface area (TPSA) is 86.4 Å². The maximum Gasteiger partial charge on any atom is 0.229 e. The Bertz CT molecular complexity index is 467. The van der Waals surface area contributed by atoms with Crippen LogP contribution >= 0.6 is 0 Å². The van der Waals surface area contributed by atoms with Crippen LogP contribution in [0.2, 0.25) is 0 Å². The second-order valence-electron chi connectivity index (χ2n) is 4.47. The highest BCUT2D eigenvalue weighted by Gasteiger charge is 2.29. The average molecular weight is 264 g/mol. The summed E-state index contributed by atoms with van der Waals surface area (Å²) in [4.78, 5) is 44.3. The van der Waals surface area contributed by atoms with Gasteiger partial charge in [-0.25, -0.2) is 4.98 Å². The van der Waals surface area contributed by atoms with Crippen LogP contribution in [-0.4, -0.2) is 51.1 Å². The number of hydrogen-bond acceptors (Lipinski definition) is 4. The number of aromatic nitrogens is 2. The van der Waals surface area contributed by atoms with Crippen LogP contribution in [0, 0.1) is 0 Å². The standard InChI is InChI=1S/C12H16N4O3/c1-15(8-9-13-5-6-14-9)10(17)4-7-16-11(18)2-3-12(16)19/h5-6H,2-4,7-8H2,1H3,(H,13,14). The Hall–Kier alpha value is -2.18. The molecule has 1 aromatic rings. The third kappa shape index (κ3) is 3.18. The van der Waals surface area contributed by atoms with Crippen LogP contribution in [0.5, 0.6) is 0 Å². The van der Waals surface area contributed by atoms with E-state index in [1.807, 2.05) is 0 Å². The minimum absolute atomic E-state index is 0.121. The Morgan fingerprint density at radius 2 is 2.11 bits per heavy atom. The minimum atomic E-state index is -0.188. The van der Waals surface area contributed by atoms with Crippen molar-refractivity contribution in [3.63, 3.8) is 0 Å². The molecule has 0 aromatic carbocycles. The number of likely N-dealkylation sites (tertiary alicyclic amines) is 1. The summed E-state index contributed by atoms with van der Waals surface area (Å²) in [6.45, 7) is 0.548. The second kappa shape index (κ2) is 5.64. The number of carbonyl (C=O) groups is 3. The molecule has 7 heteroatoms. The van der Waals surface area contributed by atoms with Gasteiger partial charge in [-0.2, -0.15) is 0 Å². The Kier molecular flexibility index (Phi) is 3.94. The normalized spacial score (nSPS) is 15.1. The average Bonchev–Trinajstić information content (AvgIpc) is 2.98. The van der Waals surface area contributed by atoms with Crippen molar-refractivity contribution in [1.29, 1.82) is 0 Å². The number of nitrogens with zero attached hydrogens (tertiary/aromatic N) is 3. The first-order valence-electron chi connectivity index (χ1n) is 6.13.